The summed E-state index contributed by atoms with van der Waals surface area (Å²) in [6, 6.07) is 1.46. The van der Waals surface area contributed by atoms with Crippen LogP contribution < -0.4 is 4.72 Å². The van der Waals surface area contributed by atoms with E-state index in [0.717, 1.165) is 12.8 Å². The van der Waals surface area contributed by atoms with Crippen LogP contribution in [0.5, 0.6) is 0 Å². The molecule has 0 saturated heterocycles. The lowest BCUT2D eigenvalue weighted by molar-refractivity contribution is -0.142. The molecule has 2 rings (SSSR count). The summed E-state index contributed by atoms with van der Waals surface area (Å²) in [6.45, 7) is 0.185. The Morgan fingerprint density at radius 3 is 2.89 bits per heavy atom. The molecule has 18 heavy (non-hydrogen) atoms. The fraction of sp³-hybridized carbons (Fsp3) is 0.545. The van der Waals surface area contributed by atoms with Gasteiger partial charge in [-0.2, -0.15) is 0 Å². The largest absolute Gasteiger partial charge is 0.481 e. The molecule has 1 aliphatic carbocycles. The predicted molar refractivity (Wildman–Crippen MR) is 64.4 cm³/mol. The van der Waals surface area contributed by atoms with Crippen LogP contribution in [0, 0.1) is 11.8 Å². The molecule has 0 radical (unpaired) electrons. The van der Waals surface area contributed by atoms with Crippen LogP contribution in [0.4, 0.5) is 0 Å². The fourth-order valence-corrected chi connectivity index (χ4v) is 3.45. The number of aromatic nitrogens is 1. The average Bonchev–Trinajstić information content (AvgIpc) is 2.97. The molecule has 100 valence electrons. The maximum Gasteiger partial charge on any atom is 0.306 e. The number of carbonyl (C=O) groups is 1. The number of carboxylic acid groups (broad SMARTS) is 1. The quantitative estimate of drug-likeness (QED) is 0.738. The Morgan fingerprint density at radius 2 is 2.28 bits per heavy atom. The first-order chi connectivity index (χ1) is 8.50. The van der Waals surface area contributed by atoms with Crippen LogP contribution in [0.2, 0.25) is 0 Å². The van der Waals surface area contributed by atoms with Crippen molar-refractivity contribution in [3.8, 4) is 0 Å². The van der Waals surface area contributed by atoms with Crippen molar-refractivity contribution in [3.63, 3.8) is 0 Å². The van der Waals surface area contributed by atoms with Crippen LogP contribution in [0.15, 0.2) is 23.4 Å². The summed E-state index contributed by atoms with van der Waals surface area (Å²) in [4.78, 5) is 13.8. The van der Waals surface area contributed by atoms with Crippen LogP contribution in [0.1, 0.15) is 19.3 Å². The van der Waals surface area contributed by atoms with E-state index in [1.807, 2.05) is 0 Å². The highest BCUT2D eigenvalue weighted by Crippen LogP contribution is 2.31. The van der Waals surface area contributed by atoms with Gasteiger partial charge in [0.05, 0.1) is 10.8 Å². The number of rotatable bonds is 5. The molecular weight excluding hydrogens is 256 g/mol. The van der Waals surface area contributed by atoms with Crippen molar-refractivity contribution in [3.05, 3.63) is 18.5 Å². The molecule has 7 heteroatoms. The molecular formula is C11H16N2O4S. The molecule has 0 bridgehead atoms. The van der Waals surface area contributed by atoms with Gasteiger partial charge in [0.1, 0.15) is 0 Å². The Hall–Kier alpha value is -1.34. The van der Waals surface area contributed by atoms with Gasteiger partial charge in [-0.15, -0.1) is 0 Å². The third kappa shape index (κ3) is 2.73. The van der Waals surface area contributed by atoms with Gasteiger partial charge in [-0.05, 0) is 24.8 Å². The Kier molecular flexibility index (Phi) is 3.72. The second-order valence-corrected chi connectivity index (χ2v) is 6.30. The number of H-pyrrole nitrogens is 1. The summed E-state index contributed by atoms with van der Waals surface area (Å²) in [7, 11) is -3.53. The maximum absolute atomic E-state index is 11.8. The molecule has 0 aliphatic heterocycles. The van der Waals surface area contributed by atoms with E-state index < -0.39 is 21.9 Å². The van der Waals surface area contributed by atoms with E-state index >= 15 is 0 Å². The molecule has 0 aromatic carbocycles. The first-order valence-corrected chi connectivity index (χ1v) is 7.34. The minimum absolute atomic E-state index is 0.115. The number of hydrogen-bond acceptors (Lipinski definition) is 3. The van der Waals surface area contributed by atoms with Crippen molar-refractivity contribution in [1.29, 1.82) is 0 Å². The lowest BCUT2D eigenvalue weighted by Gasteiger charge is -2.16. The predicted octanol–water partition coefficient (Wildman–Crippen LogP) is 0.794. The zero-order valence-electron chi connectivity index (χ0n) is 9.80. The lowest BCUT2D eigenvalue weighted by atomic mass is 9.97. The summed E-state index contributed by atoms with van der Waals surface area (Å²) in [6.07, 6.45) is 5.15. The van der Waals surface area contributed by atoms with Gasteiger partial charge < -0.3 is 10.1 Å². The number of sulfonamides is 1. The molecule has 1 aliphatic rings. The highest BCUT2D eigenvalue weighted by molar-refractivity contribution is 7.89. The standard InChI is InChI=1S/C11H16N2O4S/c14-11(15)10-3-1-2-8(10)6-13-18(16,17)9-4-5-12-7-9/h4-5,7-8,10,12-13H,1-3,6H2,(H,14,15). The number of aliphatic carboxylic acids is 1. The smallest absolute Gasteiger partial charge is 0.306 e. The van der Waals surface area contributed by atoms with Crippen LogP contribution >= 0.6 is 0 Å². The number of nitrogens with one attached hydrogen (secondary N) is 2. The molecule has 1 aromatic rings. The molecule has 3 N–H and O–H groups in total. The van der Waals surface area contributed by atoms with Crippen molar-refractivity contribution < 1.29 is 18.3 Å². The van der Waals surface area contributed by atoms with E-state index in [1.165, 1.54) is 18.5 Å². The van der Waals surface area contributed by atoms with Crippen LogP contribution in [-0.2, 0) is 14.8 Å². The fourth-order valence-electron chi connectivity index (χ4n) is 2.38. The first-order valence-electron chi connectivity index (χ1n) is 5.86. The van der Waals surface area contributed by atoms with Gasteiger partial charge in [0.25, 0.3) is 0 Å². The van der Waals surface area contributed by atoms with E-state index in [2.05, 4.69) is 9.71 Å². The molecule has 1 saturated carbocycles. The summed E-state index contributed by atoms with van der Waals surface area (Å²) >= 11 is 0. The first kappa shape index (κ1) is 13.1. The third-order valence-corrected chi connectivity index (χ3v) is 4.81. The summed E-state index contributed by atoms with van der Waals surface area (Å²) in [5, 5.41) is 9.01. The van der Waals surface area contributed by atoms with Crippen LogP contribution in [-0.4, -0.2) is 31.0 Å². The highest BCUT2D eigenvalue weighted by atomic mass is 32.2. The molecule has 1 fully saturated rings. The van der Waals surface area contributed by atoms with E-state index in [0.29, 0.717) is 6.42 Å². The molecule has 6 nitrogen and oxygen atoms in total. The van der Waals surface area contributed by atoms with E-state index in [9.17, 15) is 13.2 Å². The van der Waals surface area contributed by atoms with Crippen molar-refractivity contribution in [2.75, 3.05) is 6.54 Å². The topological polar surface area (TPSA) is 99.3 Å². The molecule has 1 aromatic heterocycles. The summed E-state index contributed by atoms with van der Waals surface area (Å²) < 4.78 is 26.2. The van der Waals surface area contributed by atoms with Crippen molar-refractivity contribution >= 4 is 16.0 Å². The minimum Gasteiger partial charge on any atom is -0.481 e. The minimum atomic E-state index is -3.53. The zero-order valence-corrected chi connectivity index (χ0v) is 10.6. The van der Waals surface area contributed by atoms with Crippen molar-refractivity contribution in [1.82, 2.24) is 9.71 Å². The number of carboxylic acids is 1. The van der Waals surface area contributed by atoms with Crippen LogP contribution in [0.25, 0.3) is 0 Å². The van der Waals surface area contributed by atoms with E-state index in [4.69, 9.17) is 5.11 Å². The van der Waals surface area contributed by atoms with Gasteiger partial charge in [0, 0.05) is 18.9 Å². The Bertz CT molecular complexity index is 509. The second kappa shape index (κ2) is 5.11. The lowest BCUT2D eigenvalue weighted by Crippen LogP contribution is -2.32. The van der Waals surface area contributed by atoms with E-state index in [-0.39, 0.29) is 17.4 Å². The number of aromatic amines is 1. The number of hydrogen-bond donors (Lipinski definition) is 3. The third-order valence-electron chi connectivity index (χ3n) is 3.39. The highest BCUT2D eigenvalue weighted by Gasteiger charge is 2.33. The Morgan fingerprint density at radius 1 is 1.50 bits per heavy atom. The van der Waals surface area contributed by atoms with Gasteiger partial charge in [0.15, 0.2) is 0 Å². The van der Waals surface area contributed by atoms with Crippen LogP contribution in [0.3, 0.4) is 0 Å². The Labute approximate surface area is 105 Å². The molecule has 2 unspecified atom stereocenters. The normalized spacial score (nSPS) is 24.2. The van der Waals surface area contributed by atoms with Gasteiger partial charge in [0.2, 0.25) is 10.0 Å². The zero-order chi connectivity index (χ0) is 13.2. The van der Waals surface area contributed by atoms with Gasteiger partial charge in [-0.3, -0.25) is 4.79 Å². The summed E-state index contributed by atoms with van der Waals surface area (Å²) in [5.41, 5.74) is 0. The van der Waals surface area contributed by atoms with Gasteiger partial charge in [-0.1, -0.05) is 6.42 Å². The van der Waals surface area contributed by atoms with Gasteiger partial charge >= 0.3 is 5.97 Å². The summed E-state index contributed by atoms with van der Waals surface area (Å²) in [5.74, 6) is -1.38. The maximum atomic E-state index is 11.8. The van der Waals surface area contributed by atoms with E-state index in [1.54, 1.807) is 0 Å². The molecule has 0 spiro atoms. The average molecular weight is 272 g/mol. The molecule has 0 amide bonds. The van der Waals surface area contributed by atoms with Crippen molar-refractivity contribution in [2.24, 2.45) is 11.8 Å². The SMILES string of the molecule is O=C(O)C1CCCC1CNS(=O)(=O)c1cc[nH]c1. The Balaban J connectivity index is 1.98. The molecule has 1 heterocycles. The molecule has 2 atom stereocenters. The monoisotopic (exact) mass is 272 g/mol. The van der Waals surface area contributed by atoms with Gasteiger partial charge in [-0.25, -0.2) is 13.1 Å². The van der Waals surface area contributed by atoms with Crippen molar-refractivity contribution in [2.45, 2.75) is 24.2 Å². The second-order valence-electron chi connectivity index (χ2n) is 4.53.